The average molecular weight is 393 g/mol. The van der Waals surface area contributed by atoms with Crippen molar-refractivity contribution in [3.05, 3.63) is 65.9 Å². The van der Waals surface area contributed by atoms with Crippen molar-refractivity contribution in [1.29, 1.82) is 0 Å². The number of likely N-dealkylation sites (tertiary alicyclic amines) is 2. The number of carbonyl (C=O) groups excluding carboxylic acids is 2. The second-order valence-corrected chi connectivity index (χ2v) is 7.79. The van der Waals surface area contributed by atoms with Crippen LogP contribution in [0.5, 0.6) is 0 Å². The maximum atomic E-state index is 13.8. The maximum absolute atomic E-state index is 13.8. The van der Waals surface area contributed by atoms with Crippen LogP contribution in [0.25, 0.3) is 5.65 Å². The van der Waals surface area contributed by atoms with E-state index in [0.717, 1.165) is 5.56 Å². The number of hydrogen-bond acceptors (Lipinski definition) is 4. The standard InChI is InChI=1S/C21H20FN5O2/c1-13(28)26-9-16-8-25(11-18(16)20(26)14-3-2-4-17(22)7-14)21(29)15-5-6-19-23-12-24-27(19)10-15/h2-7,10,12,16,18,20H,8-9,11H2,1H3/t16-,18-,20-/m1/s1. The zero-order valence-corrected chi connectivity index (χ0v) is 15.9. The van der Waals surface area contributed by atoms with Gasteiger partial charge in [0.25, 0.3) is 5.91 Å². The molecule has 2 aromatic heterocycles. The third-order valence-electron chi connectivity index (χ3n) is 6.07. The van der Waals surface area contributed by atoms with Gasteiger partial charge in [-0.25, -0.2) is 13.9 Å². The van der Waals surface area contributed by atoms with Crippen molar-refractivity contribution in [2.75, 3.05) is 19.6 Å². The van der Waals surface area contributed by atoms with Crippen LogP contribution in [0.3, 0.4) is 0 Å². The second kappa shape index (κ2) is 6.65. The van der Waals surface area contributed by atoms with Crippen molar-refractivity contribution in [1.82, 2.24) is 24.4 Å². The molecule has 29 heavy (non-hydrogen) atoms. The third kappa shape index (κ3) is 2.95. The van der Waals surface area contributed by atoms with Crippen molar-refractivity contribution >= 4 is 17.5 Å². The molecule has 1 aromatic carbocycles. The largest absolute Gasteiger partial charge is 0.338 e. The monoisotopic (exact) mass is 393 g/mol. The van der Waals surface area contributed by atoms with Gasteiger partial charge in [0, 0.05) is 44.6 Å². The van der Waals surface area contributed by atoms with Crippen molar-refractivity contribution in [3.8, 4) is 0 Å². The molecular weight excluding hydrogens is 373 g/mol. The van der Waals surface area contributed by atoms with Crippen molar-refractivity contribution in [2.24, 2.45) is 11.8 Å². The summed E-state index contributed by atoms with van der Waals surface area (Å²) in [5, 5.41) is 4.09. The molecule has 4 heterocycles. The van der Waals surface area contributed by atoms with E-state index < -0.39 is 0 Å². The molecule has 2 aliphatic rings. The minimum atomic E-state index is -0.318. The molecule has 7 nitrogen and oxygen atoms in total. The summed E-state index contributed by atoms with van der Waals surface area (Å²) in [6.07, 6.45) is 3.13. The van der Waals surface area contributed by atoms with Gasteiger partial charge < -0.3 is 9.80 Å². The highest BCUT2D eigenvalue weighted by Crippen LogP contribution is 2.45. The third-order valence-corrected chi connectivity index (χ3v) is 6.07. The summed E-state index contributed by atoms with van der Waals surface area (Å²) in [4.78, 5) is 33.0. The summed E-state index contributed by atoms with van der Waals surface area (Å²) < 4.78 is 15.4. The summed E-state index contributed by atoms with van der Waals surface area (Å²) in [5.74, 6) is -0.153. The van der Waals surface area contributed by atoms with Crippen LogP contribution in [0.15, 0.2) is 48.9 Å². The van der Waals surface area contributed by atoms with Crippen LogP contribution in [-0.4, -0.2) is 55.8 Å². The summed E-state index contributed by atoms with van der Waals surface area (Å²) >= 11 is 0. The number of fused-ring (bicyclic) bond motifs is 2. The van der Waals surface area contributed by atoms with E-state index in [4.69, 9.17) is 0 Å². The van der Waals surface area contributed by atoms with Crippen LogP contribution in [-0.2, 0) is 4.79 Å². The summed E-state index contributed by atoms with van der Waals surface area (Å²) in [5.41, 5.74) is 2.02. The first kappa shape index (κ1) is 17.8. The van der Waals surface area contributed by atoms with E-state index >= 15 is 0 Å². The molecule has 0 radical (unpaired) electrons. The lowest BCUT2D eigenvalue weighted by molar-refractivity contribution is -0.130. The van der Waals surface area contributed by atoms with Gasteiger partial charge in [-0.1, -0.05) is 12.1 Å². The molecular formula is C21H20FN5O2. The fraction of sp³-hybridized carbons (Fsp3) is 0.333. The van der Waals surface area contributed by atoms with Crippen LogP contribution < -0.4 is 0 Å². The van der Waals surface area contributed by atoms with E-state index in [1.54, 1.807) is 35.8 Å². The van der Waals surface area contributed by atoms with Gasteiger partial charge in [0.15, 0.2) is 5.65 Å². The van der Waals surface area contributed by atoms with Crippen molar-refractivity contribution in [3.63, 3.8) is 0 Å². The summed E-state index contributed by atoms with van der Waals surface area (Å²) in [6.45, 7) is 3.23. The van der Waals surface area contributed by atoms with E-state index in [0.29, 0.717) is 30.8 Å². The Hall–Kier alpha value is -3.29. The van der Waals surface area contributed by atoms with E-state index in [1.807, 2.05) is 15.9 Å². The molecule has 3 aromatic rings. The molecule has 148 valence electrons. The lowest BCUT2D eigenvalue weighted by Gasteiger charge is -2.29. The highest BCUT2D eigenvalue weighted by Gasteiger charge is 2.49. The predicted octanol–water partition coefficient (Wildman–Crippen LogP) is 2.16. The lowest BCUT2D eigenvalue weighted by atomic mass is 9.89. The molecule has 8 heteroatoms. The molecule has 0 spiro atoms. The Bertz CT molecular complexity index is 1110. The molecule has 3 atom stereocenters. The van der Waals surface area contributed by atoms with E-state index in [1.165, 1.54) is 18.5 Å². The van der Waals surface area contributed by atoms with Gasteiger partial charge in [0.1, 0.15) is 12.1 Å². The first-order valence-corrected chi connectivity index (χ1v) is 9.62. The van der Waals surface area contributed by atoms with Crippen molar-refractivity contribution < 1.29 is 14.0 Å². The fourth-order valence-electron chi connectivity index (χ4n) is 4.78. The van der Waals surface area contributed by atoms with Gasteiger partial charge in [0.2, 0.25) is 5.91 Å². The number of hydrogen-bond donors (Lipinski definition) is 0. The summed E-state index contributed by atoms with van der Waals surface area (Å²) in [7, 11) is 0. The molecule has 2 fully saturated rings. The summed E-state index contributed by atoms with van der Waals surface area (Å²) in [6, 6.07) is 9.72. The molecule has 0 saturated carbocycles. The van der Waals surface area contributed by atoms with E-state index in [-0.39, 0.29) is 35.5 Å². The number of halogens is 1. The maximum Gasteiger partial charge on any atom is 0.255 e. The molecule has 0 aliphatic carbocycles. The van der Waals surface area contributed by atoms with Crippen LogP contribution in [0.4, 0.5) is 4.39 Å². The molecule has 2 saturated heterocycles. The first-order chi connectivity index (χ1) is 14.0. The predicted molar refractivity (Wildman–Crippen MR) is 102 cm³/mol. The Morgan fingerprint density at radius 3 is 2.79 bits per heavy atom. The number of amides is 2. The van der Waals surface area contributed by atoms with Crippen LogP contribution in [0.1, 0.15) is 28.9 Å². The van der Waals surface area contributed by atoms with E-state index in [9.17, 15) is 14.0 Å². The highest BCUT2D eigenvalue weighted by atomic mass is 19.1. The molecule has 0 N–H and O–H groups in total. The molecule has 0 bridgehead atoms. The van der Waals surface area contributed by atoms with Gasteiger partial charge >= 0.3 is 0 Å². The normalized spacial score (nSPS) is 23.6. The molecule has 2 aliphatic heterocycles. The van der Waals surface area contributed by atoms with Crippen LogP contribution >= 0.6 is 0 Å². The SMILES string of the molecule is CC(=O)N1C[C@H]2CN(C(=O)c3ccc4ncnn4c3)C[C@H]2[C@H]1c1cccc(F)c1. The quantitative estimate of drug-likeness (QED) is 0.669. The van der Waals surface area contributed by atoms with Gasteiger partial charge in [-0.15, -0.1) is 0 Å². The highest BCUT2D eigenvalue weighted by molar-refractivity contribution is 5.94. The van der Waals surface area contributed by atoms with Gasteiger partial charge in [-0.2, -0.15) is 5.10 Å². The van der Waals surface area contributed by atoms with Crippen LogP contribution in [0.2, 0.25) is 0 Å². The topological polar surface area (TPSA) is 70.8 Å². The Morgan fingerprint density at radius 1 is 1.14 bits per heavy atom. The number of benzene rings is 1. The Balaban J connectivity index is 1.42. The number of aromatic nitrogens is 3. The van der Waals surface area contributed by atoms with Gasteiger partial charge in [-0.3, -0.25) is 9.59 Å². The zero-order valence-electron chi connectivity index (χ0n) is 15.9. The van der Waals surface area contributed by atoms with Crippen molar-refractivity contribution in [2.45, 2.75) is 13.0 Å². The molecule has 5 rings (SSSR count). The minimum Gasteiger partial charge on any atom is -0.338 e. The Morgan fingerprint density at radius 2 is 2.00 bits per heavy atom. The van der Waals surface area contributed by atoms with Gasteiger partial charge in [0.05, 0.1) is 11.6 Å². The Kier molecular flexibility index (Phi) is 4.08. The second-order valence-electron chi connectivity index (χ2n) is 7.79. The van der Waals surface area contributed by atoms with Gasteiger partial charge in [-0.05, 0) is 29.8 Å². The molecule has 0 unspecified atom stereocenters. The lowest BCUT2D eigenvalue weighted by Crippen LogP contribution is -2.36. The Labute approximate surface area is 166 Å². The number of rotatable bonds is 2. The first-order valence-electron chi connectivity index (χ1n) is 9.62. The number of pyridine rings is 1. The fourth-order valence-corrected chi connectivity index (χ4v) is 4.78. The number of nitrogens with zero attached hydrogens (tertiary/aromatic N) is 5. The minimum absolute atomic E-state index is 0.0248. The number of carbonyl (C=O) groups is 2. The zero-order chi connectivity index (χ0) is 20.1. The average Bonchev–Trinajstić information content (AvgIpc) is 3.40. The molecule has 2 amide bonds. The van der Waals surface area contributed by atoms with E-state index in [2.05, 4.69) is 10.1 Å². The van der Waals surface area contributed by atoms with Crippen LogP contribution in [0, 0.1) is 17.7 Å². The smallest absolute Gasteiger partial charge is 0.255 e.